The molecule has 53 valence electrons. The molecule has 0 atom stereocenters. The first kappa shape index (κ1) is 8.66. The van der Waals surface area contributed by atoms with Gasteiger partial charge in [0.15, 0.2) is 0 Å². The Balaban J connectivity index is 3.04. The summed E-state index contributed by atoms with van der Waals surface area (Å²) in [6.45, 7) is 1.85. The largest absolute Gasteiger partial charge is 0.306 e. The van der Waals surface area contributed by atoms with E-state index in [2.05, 4.69) is 22.4 Å². The van der Waals surface area contributed by atoms with Crippen LogP contribution in [0.2, 0.25) is 0 Å². The van der Waals surface area contributed by atoms with E-state index in [0.717, 1.165) is 13.1 Å². The Morgan fingerprint density at radius 2 is 2.00 bits per heavy atom. The van der Waals surface area contributed by atoms with E-state index in [-0.39, 0.29) is 0 Å². The molecule has 0 aliphatic carbocycles. The molecule has 0 aromatic carbocycles. The van der Waals surface area contributed by atoms with Crippen molar-refractivity contribution in [3.63, 3.8) is 0 Å². The van der Waals surface area contributed by atoms with Gasteiger partial charge in [0.05, 0.1) is 0 Å². The Morgan fingerprint density at radius 3 is 2.44 bits per heavy atom. The average molecular weight is 127 g/mol. The summed E-state index contributed by atoms with van der Waals surface area (Å²) in [5.74, 6) is 0. The van der Waals surface area contributed by atoms with Crippen molar-refractivity contribution in [3.8, 4) is 0 Å². The molecule has 2 nitrogen and oxygen atoms in total. The van der Waals surface area contributed by atoms with Gasteiger partial charge in [0.1, 0.15) is 0 Å². The number of hydrogen-bond acceptors (Lipinski definition) is 1. The van der Waals surface area contributed by atoms with Crippen LogP contribution in [0.5, 0.6) is 0 Å². The van der Waals surface area contributed by atoms with E-state index in [9.17, 15) is 0 Å². The number of rotatable bonds is 4. The fraction of sp³-hybridized carbons (Fsp3) is 0.714. The molecular weight excluding hydrogens is 112 g/mol. The van der Waals surface area contributed by atoms with E-state index in [0.29, 0.717) is 0 Å². The van der Waals surface area contributed by atoms with Gasteiger partial charge >= 0.3 is 0 Å². The molecule has 0 fully saturated rings. The highest BCUT2D eigenvalue weighted by atomic mass is 15.0. The molecule has 0 spiro atoms. The highest BCUT2D eigenvalue weighted by molar-refractivity contribution is 4.84. The van der Waals surface area contributed by atoms with Crippen molar-refractivity contribution in [3.05, 3.63) is 12.2 Å². The maximum Gasteiger partial charge on any atom is 0.0311 e. The molecule has 0 N–H and O–H groups in total. The minimum absolute atomic E-state index is 0.841. The number of likely N-dealkylation sites (N-methyl/N-ethyl adjacent to an activating group) is 2. The van der Waals surface area contributed by atoms with Crippen molar-refractivity contribution in [2.24, 2.45) is 0 Å². The van der Waals surface area contributed by atoms with Crippen LogP contribution in [0.25, 0.3) is 0 Å². The van der Waals surface area contributed by atoms with Crippen molar-refractivity contribution in [2.45, 2.75) is 0 Å². The Morgan fingerprint density at radius 1 is 1.33 bits per heavy atom. The van der Waals surface area contributed by atoms with Gasteiger partial charge in [-0.25, -0.2) is 5.32 Å². The van der Waals surface area contributed by atoms with Crippen molar-refractivity contribution >= 4 is 0 Å². The third kappa shape index (κ3) is 7.66. The minimum Gasteiger partial charge on any atom is -0.306 e. The van der Waals surface area contributed by atoms with Gasteiger partial charge in [-0.1, -0.05) is 12.2 Å². The monoisotopic (exact) mass is 127 g/mol. The smallest absolute Gasteiger partial charge is 0.0311 e. The van der Waals surface area contributed by atoms with E-state index < -0.39 is 0 Å². The van der Waals surface area contributed by atoms with Crippen LogP contribution in [0.15, 0.2) is 12.2 Å². The standard InChI is InChI=1S/C7H15N2/c1-8-6-4-5-7-9(2)3/h4-5H,6-7H2,1-3H3/b5-4+. The molecule has 0 rings (SSSR count). The van der Waals surface area contributed by atoms with E-state index in [4.69, 9.17) is 0 Å². The highest BCUT2D eigenvalue weighted by Crippen LogP contribution is 1.75. The van der Waals surface area contributed by atoms with Crippen molar-refractivity contribution in [2.75, 3.05) is 34.2 Å². The quantitative estimate of drug-likeness (QED) is 0.498. The van der Waals surface area contributed by atoms with E-state index in [1.54, 1.807) is 0 Å². The molecule has 0 unspecified atom stereocenters. The van der Waals surface area contributed by atoms with Crippen LogP contribution < -0.4 is 5.32 Å². The van der Waals surface area contributed by atoms with Crippen LogP contribution >= 0.6 is 0 Å². The van der Waals surface area contributed by atoms with Crippen LogP contribution in [0.4, 0.5) is 0 Å². The Kier molecular flexibility index (Phi) is 5.57. The molecule has 0 saturated heterocycles. The van der Waals surface area contributed by atoms with Gasteiger partial charge < -0.3 is 4.90 Å². The van der Waals surface area contributed by atoms with Gasteiger partial charge in [0, 0.05) is 20.1 Å². The Bertz CT molecular complexity index is 77.0. The average Bonchev–Trinajstić information content (AvgIpc) is 1.80. The zero-order chi connectivity index (χ0) is 7.11. The van der Waals surface area contributed by atoms with Gasteiger partial charge in [-0.3, -0.25) is 0 Å². The van der Waals surface area contributed by atoms with Crippen molar-refractivity contribution < 1.29 is 0 Å². The molecule has 2 heteroatoms. The first-order valence-electron chi connectivity index (χ1n) is 3.12. The van der Waals surface area contributed by atoms with Crippen LogP contribution in [0.3, 0.4) is 0 Å². The van der Waals surface area contributed by atoms with Crippen LogP contribution in [0.1, 0.15) is 0 Å². The molecule has 0 bridgehead atoms. The maximum absolute atomic E-state index is 3.93. The van der Waals surface area contributed by atoms with Gasteiger partial charge in [-0.05, 0) is 14.1 Å². The fourth-order valence-electron chi connectivity index (χ4n) is 0.465. The maximum atomic E-state index is 3.93. The summed E-state index contributed by atoms with van der Waals surface area (Å²) < 4.78 is 0. The van der Waals surface area contributed by atoms with Gasteiger partial charge in [0.2, 0.25) is 0 Å². The molecule has 1 radical (unpaired) electrons. The van der Waals surface area contributed by atoms with Gasteiger partial charge in [0.25, 0.3) is 0 Å². The predicted molar refractivity (Wildman–Crippen MR) is 40.6 cm³/mol. The van der Waals surface area contributed by atoms with E-state index in [1.807, 2.05) is 21.1 Å². The normalized spacial score (nSPS) is 11.6. The molecule has 0 aromatic rings. The summed E-state index contributed by atoms with van der Waals surface area (Å²) in [6.07, 6.45) is 4.19. The molecule has 0 saturated carbocycles. The highest BCUT2D eigenvalue weighted by Gasteiger charge is 1.79. The topological polar surface area (TPSA) is 17.3 Å². The first-order chi connectivity index (χ1) is 4.27. The third-order valence-electron chi connectivity index (χ3n) is 0.925. The lowest BCUT2D eigenvalue weighted by atomic mass is 10.4. The molecule has 0 heterocycles. The van der Waals surface area contributed by atoms with Crippen LogP contribution in [-0.2, 0) is 0 Å². The van der Waals surface area contributed by atoms with Crippen LogP contribution in [0, 0.1) is 0 Å². The number of hydrogen-bond donors (Lipinski definition) is 0. The molecule has 0 amide bonds. The molecule has 9 heavy (non-hydrogen) atoms. The fourth-order valence-corrected chi connectivity index (χ4v) is 0.465. The number of nitrogens with zero attached hydrogens (tertiary/aromatic N) is 2. The van der Waals surface area contributed by atoms with Gasteiger partial charge in [-0.2, -0.15) is 0 Å². The van der Waals surface area contributed by atoms with E-state index in [1.165, 1.54) is 0 Å². The first-order valence-corrected chi connectivity index (χ1v) is 3.12. The Labute approximate surface area is 57.5 Å². The van der Waals surface area contributed by atoms with Crippen molar-refractivity contribution in [1.82, 2.24) is 10.2 Å². The summed E-state index contributed by atoms with van der Waals surface area (Å²) in [7, 11) is 5.92. The Hall–Kier alpha value is -0.340. The van der Waals surface area contributed by atoms with Crippen molar-refractivity contribution in [1.29, 1.82) is 0 Å². The van der Waals surface area contributed by atoms with E-state index >= 15 is 0 Å². The zero-order valence-electron chi connectivity index (χ0n) is 6.46. The lowest BCUT2D eigenvalue weighted by Gasteiger charge is -2.02. The zero-order valence-corrected chi connectivity index (χ0v) is 6.46. The van der Waals surface area contributed by atoms with Gasteiger partial charge in [-0.15, -0.1) is 0 Å². The SMILES string of the molecule is C[N]C/C=C/CN(C)C. The predicted octanol–water partition coefficient (Wildman–Crippen LogP) is 0.338. The minimum atomic E-state index is 0.841. The molecule has 0 aliphatic rings. The second-order valence-electron chi connectivity index (χ2n) is 2.23. The second kappa shape index (κ2) is 5.79. The molecular formula is C7H15N2. The summed E-state index contributed by atoms with van der Waals surface area (Å²) in [5.41, 5.74) is 0. The van der Waals surface area contributed by atoms with Crippen LogP contribution in [-0.4, -0.2) is 39.1 Å². The molecule has 0 aliphatic heterocycles. The second-order valence-corrected chi connectivity index (χ2v) is 2.23. The summed E-state index contributed by atoms with van der Waals surface area (Å²) in [6, 6.07) is 0. The summed E-state index contributed by atoms with van der Waals surface area (Å²) in [4.78, 5) is 2.12. The summed E-state index contributed by atoms with van der Waals surface area (Å²) in [5, 5.41) is 3.93. The summed E-state index contributed by atoms with van der Waals surface area (Å²) >= 11 is 0. The third-order valence-corrected chi connectivity index (χ3v) is 0.925. The molecule has 0 aromatic heterocycles. The lowest BCUT2D eigenvalue weighted by molar-refractivity contribution is 0.456. The lowest BCUT2D eigenvalue weighted by Crippen LogP contribution is -2.10.